The molecule has 0 aromatic heterocycles. The summed E-state index contributed by atoms with van der Waals surface area (Å²) in [6.07, 6.45) is 3.75. The third-order valence-electron chi connectivity index (χ3n) is 2.44. The molecule has 0 aromatic rings. The molecule has 1 aliphatic heterocycles. The lowest BCUT2D eigenvalue weighted by atomic mass is 10.2. The molecule has 1 amide bonds. The Bertz CT molecular complexity index is 330. The van der Waals surface area contributed by atoms with E-state index < -0.39 is 0 Å². The molecule has 0 unspecified atom stereocenters. The number of Topliss-reactive ketones (excluding diaryl/α,β-unsaturated/α-hetero) is 1. The molecule has 0 aliphatic carbocycles. The summed E-state index contributed by atoms with van der Waals surface area (Å²) in [6, 6.07) is 0. The van der Waals surface area contributed by atoms with Crippen LogP contribution in [0.3, 0.4) is 0 Å². The molecule has 0 saturated carbocycles. The third-order valence-corrected chi connectivity index (χ3v) is 4.59. The maximum absolute atomic E-state index is 12.3. The number of nitrogens with zero attached hydrogens (tertiary/aromatic N) is 1. The highest BCUT2D eigenvalue weighted by Gasteiger charge is 2.26. The van der Waals surface area contributed by atoms with E-state index in [9.17, 15) is 9.59 Å². The molecule has 96 valence electrons. The first-order valence-corrected chi connectivity index (χ1v) is 7.77. The molecule has 1 fully saturated rings. The highest BCUT2D eigenvalue weighted by molar-refractivity contribution is 8.21. The quantitative estimate of drug-likeness (QED) is 0.440. The van der Waals surface area contributed by atoms with Gasteiger partial charge in [-0.25, -0.2) is 0 Å². The Labute approximate surface area is 110 Å². The van der Waals surface area contributed by atoms with Gasteiger partial charge in [-0.05, 0) is 19.4 Å². The van der Waals surface area contributed by atoms with Gasteiger partial charge in [-0.1, -0.05) is 0 Å². The van der Waals surface area contributed by atoms with Crippen LogP contribution < -0.4 is 0 Å². The van der Waals surface area contributed by atoms with E-state index in [0.717, 1.165) is 4.24 Å². The number of hydrogen-bond acceptors (Lipinski definition) is 5. The lowest BCUT2D eigenvalue weighted by Gasteiger charge is -2.27. The fourth-order valence-electron chi connectivity index (χ4n) is 1.59. The number of ketones is 1. The first-order chi connectivity index (χ1) is 8.11. The largest absolute Gasteiger partial charge is 0.378 e. The van der Waals surface area contributed by atoms with Crippen molar-refractivity contribution in [1.29, 1.82) is 0 Å². The van der Waals surface area contributed by atoms with Gasteiger partial charge in [0.2, 0.25) is 0 Å². The van der Waals surface area contributed by atoms with Crippen molar-refractivity contribution in [2.75, 3.05) is 38.8 Å². The van der Waals surface area contributed by atoms with Gasteiger partial charge in [0.1, 0.15) is 5.57 Å². The molecule has 0 N–H and O–H groups in total. The minimum Gasteiger partial charge on any atom is -0.378 e. The van der Waals surface area contributed by atoms with Gasteiger partial charge >= 0.3 is 0 Å². The van der Waals surface area contributed by atoms with Crippen LogP contribution in [0.4, 0.5) is 0 Å². The summed E-state index contributed by atoms with van der Waals surface area (Å²) < 4.78 is 5.98. The molecule has 1 heterocycles. The van der Waals surface area contributed by atoms with Crippen molar-refractivity contribution in [2.45, 2.75) is 6.92 Å². The zero-order valence-electron chi connectivity index (χ0n) is 10.3. The van der Waals surface area contributed by atoms with E-state index in [1.54, 1.807) is 4.90 Å². The van der Waals surface area contributed by atoms with Crippen LogP contribution in [0.5, 0.6) is 0 Å². The minimum atomic E-state index is -0.167. The number of rotatable bonds is 4. The van der Waals surface area contributed by atoms with E-state index in [4.69, 9.17) is 4.74 Å². The molecule has 4 nitrogen and oxygen atoms in total. The smallest absolute Gasteiger partial charge is 0.259 e. The van der Waals surface area contributed by atoms with Gasteiger partial charge in [0.25, 0.3) is 5.91 Å². The Balaban J connectivity index is 2.94. The summed E-state index contributed by atoms with van der Waals surface area (Å²) >= 11 is 2.88. The van der Waals surface area contributed by atoms with Gasteiger partial charge in [-0.2, -0.15) is 0 Å². The van der Waals surface area contributed by atoms with Crippen molar-refractivity contribution >= 4 is 35.2 Å². The first kappa shape index (κ1) is 14.6. The van der Waals surface area contributed by atoms with Gasteiger partial charge < -0.3 is 9.64 Å². The van der Waals surface area contributed by atoms with Crippen LogP contribution in [0, 0.1) is 0 Å². The lowest BCUT2D eigenvalue weighted by Crippen LogP contribution is -2.42. The summed E-state index contributed by atoms with van der Waals surface area (Å²) in [5.41, 5.74) is 0.312. The maximum atomic E-state index is 12.3. The van der Waals surface area contributed by atoms with Crippen molar-refractivity contribution < 1.29 is 14.3 Å². The van der Waals surface area contributed by atoms with Crippen LogP contribution >= 0.6 is 23.5 Å². The van der Waals surface area contributed by atoms with E-state index in [1.807, 2.05) is 12.5 Å². The Hall–Kier alpha value is -0.460. The van der Waals surface area contributed by atoms with Gasteiger partial charge in [0.15, 0.2) is 5.78 Å². The number of amides is 1. The molecular weight excluding hydrogens is 258 g/mol. The van der Waals surface area contributed by atoms with Gasteiger partial charge in [0.05, 0.1) is 17.5 Å². The number of carbonyl (C=O) groups is 2. The summed E-state index contributed by atoms with van der Waals surface area (Å²) in [5, 5.41) is 0. The van der Waals surface area contributed by atoms with Crippen LogP contribution in [0.2, 0.25) is 0 Å². The topological polar surface area (TPSA) is 46.6 Å². The van der Waals surface area contributed by atoms with Crippen LogP contribution in [0.15, 0.2) is 9.81 Å². The van der Waals surface area contributed by atoms with Crippen LogP contribution in [-0.4, -0.2) is 55.4 Å². The second-order valence-corrected chi connectivity index (χ2v) is 5.42. The summed E-state index contributed by atoms with van der Waals surface area (Å²) in [5.74, 6) is -0.334. The Morgan fingerprint density at radius 3 is 2.06 bits per heavy atom. The molecule has 1 rings (SSSR count). The van der Waals surface area contributed by atoms with E-state index in [2.05, 4.69) is 0 Å². The molecule has 17 heavy (non-hydrogen) atoms. The second-order valence-electron chi connectivity index (χ2n) is 3.53. The molecule has 1 saturated heterocycles. The summed E-state index contributed by atoms with van der Waals surface area (Å²) in [6.45, 7) is 3.66. The van der Waals surface area contributed by atoms with Crippen molar-refractivity contribution in [1.82, 2.24) is 4.90 Å². The minimum absolute atomic E-state index is 0.166. The first-order valence-electron chi connectivity index (χ1n) is 5.32. The zero-order valence-corrected chi connectivity index (χ0v) is 11.9. The monoisotopic (exact) mass is 275 g/mol. The molecule has 0 atom stereocenters. The van der Waals surface area contributed by atoms with E-state index in [1.165, 1.54) is 30.4 Å². The summed E-state index contributed by atoms with van der Waals surface area (Å²) in [7, 11) is 0. The Morgan fingerprint density at radius 2 is 1.65 bits per heavy atom. The zero-order chi connectivity index (χ0) is 12.8. The predicted octanol–water partition coefficient (Wildman–Crippen LogP) is 1.37. The fraction of sp³-hybridized carbons (Fsp3) is 0.636. The van der Waals surface area contributed by atoms with E-state index >= 15 is 0 Å². The van der Waals surface area contributed by atoms with Crippen LogP contribution in [0.1, 0.15) is 6.92 Å². The van der Waals surface area contributed by atoms with E-state index in [-0.39, 0.29) is 11.7 Å². The average Bonchev–Trinajstić information content (AvgIpc) is 2.35. The van der Waals surface area contributed by atoms with Crippen LogP contribution in [0.25, 0.3) is 0 Å². The van der Waals surface area contributed by atoms with Crippen molar-refractivity contribution in [3.05, 3.63) is 9.81 Å². The number of carbonyl (C=O) groups excluding carboxylic acids is 2. The van der Waals surface area contributed by atoms with Gasteiger partial charge in [-0.3, -0.25) is 9.59 Å². The van der Waals surface area contributed by atoms with Crippen LogP contribution in [-0.2, 0) is 14.3 Å². The Morgan fingerprint density at radius 1 is 1.12 bits per heavy atom. The van der Waals surface area contributed by atoms with E-state index in [0.29, 0.717) is 31.9 Å². The highest BCUT2D eigenvalue weighted by Crippen LogP contribution is 2.29. The number of ether oxygens (including phenoxy) is 1. The Kier molecular flexibility index (Phi) is 6.08. The number of thioether (sulfide) groups is 2. The molecular formula is C11H17NO3S2. The molecule has 0 spiro atoms. The molecule has 0 aromatic carbocycles. The molecule has 0 bridgehead atoms. The SMILES string of the molecule is CSC(SC)=C(C(C)=O)C(=O)N1CCOCC1. The molecule has 1 aliphatic rings. The highest BCUT2D eigenvalue weighted by atomic mass is 32.2. The predicted molar refractivity (Wildman–Crippen MR) is 72.1 cm³/mol. The fourth-order valence-corrected chi connectivity index (χ4v) is 3.13. The maximum Gasteiger partial charge on any atom is 0.259 e. The van der Waals surface area contributed by atoms with Crippen molar-refractivity contribution in [3.8, 4) is 0 Å². The van der Waals surface area contributed by atoms with Gasteiger partial charge in [-0.15, -0.1) is 23.5 Å². The van der Waals surface area contributed by atoms with Crippen molar-refractivity contribution in [3.63, 3.8) is 0 Å². The molecule has 6 heteroatoms. The third kappa shape index (κ3) is 3.76. The summed E-state index contributed by atoms with van der Waals surface area (Å²) in [4.78, 5) is 25.6. The second kappa shape index (κ2) is 7.08. The standard InChI is InChI=1S/C11H17NO3S2/c1-8(13)9(11(16-2)17-3)10(14)12-4-6-15-7-5-12/h4-7H2,1-3H3. The molecule has 0 radical (unpaired) electrons. The number of hydrogen-bond donors (Lipinski definition) is 0. The number of morpholine rings is 1. The normalized spacial score (nSPS) is 15.6. The lowest BCUT2D eigenvalue weighted by molar-refractivity contribution is -0.132. The van der Waals surface area contributed by atoms with Gasteiger partial charge in [0, 0.05) is 13.1 Å². The van der Waals surface area contributed by atoms with Crippen molar-refractivity contribution in [2.24, 2.45) is 0 Å². The average molecular weight is 275 g/mol.